The number of aromatic nitrogens is 1. The molecule has 3 rings (SSSR count). The molecule has 3 nitrogen and oxygen atoms in total. The Kier molecular flexibility index (Phi) is 3.06. The molecule has 2 aromatic rings. The highest BCUT2D eigenvalue weighted by molar-refractivity contribution is 6.35. The molecule has 1 unspecified atom stereocenters. The number of piperazine rings is 1. The predicted molar refractivity (Wildman–Crippen MR) is 76.3 cm³/mol. The van der Waals surface area contributed by atoms with Crippen molar-refractivity contribution < 1.29 is 0 Å². The van der Waals surface area contributed by atoms with Gasteiger partial charge in [-0.3, -0.25) is 4.90 Å². The molecular weight excluding hydrogens is 246 g/mol. The van der Waals surface area contributed by atoms with Crippen LogP contribution in [0.1, 0.15) is 17.3 Å². The first-order chi connectivity index (χ1) is 8.68. The number of nitrogens with one attached hydrogen (secondary N) is 2. The maximum Gasteiger partial charge on any atom is 0.0648 e. The monoisotopic (exact) mass is 263 g/mol. The van der Waals surface area contributed by atoms with Crippen LogP contribution in [0, 0.1) is 6.92 Å². The van der Waals surface area contributed by atoms with Gasteiger partial charge in [0.25, 0.3) is 0 Å². The van der Waals surface area contributed by atoms with E-state index in [0.717, 1.165) is 30.2 Å². The summed E-state index contributed by atoms with van der Waals surface area (Å²) in [6.07, 6.45) is 0. The van der Waals surface area contributed by atoms with E-state index in [1.165, 1.54) is 16.6 Å². The Labute approximate surface area is 112 Å². The molecule has 1 saturated heterocycles. The summed E-state index contributed by atoms with van der Waals surface area (Å²) in [7, 11) is 2.19. The summed E-state index contributed by atoms with van der Waals surface area (Å²) in [6.45, 7) is 5.28. The number of H-pyrrole nitrogens is 1. The third-order valence-electron chi connectivity index (χ3n) is 3.86. The Bertz CT molecular complexity index is 576. The lowest BCUT2D eigenvalue weighted by atomic mass is 10.0. The number of fused-ring (bicyclic) bond motifs is 1. The average Bonchev–Trinajstić information content (AvgIpc) is 2.68. The largest absolute Gasteiger partial charge is 0.357 e. The first-order valence-corrected chi connectivity index (χ1v) is 6.74. The first-order valence-electron chi connectivity index (χ1n) is 6.36. The molecule has 96 valence electrons. The van der Waals surface area contributed by atoms with Crippen molar-refractivity contribution in [2.45, 2.75) is 13.0 Å². The van der Waals surface area contributed by atoms with Gasteiger partial charge in [-0.15, -0.1) is 0 Å². The van der Waals surface area contributed by atoms with Crippen molar-refractivity contribution in [2.24, 2.45) is 0 Å². The molecule has 2 N–H and O–H groups in total. The number of hydrogen-bond acceptors (Lipinski definition) is 2. The Hall–Kier alpha value is -1.03. The molecule has 0 spiro atoms. The minimum atomic E-state index is 0.422. The number of benzene rings is 1. The summed E-state index contributed by atoms with van der Waals surface area (Å²) in [5.41, 5.74) is 3.66. The lowest BCUT2D eigenvalue weighted by Crippen LogP contribution is -2.43. The second-order valence-corrected chi connectivity index (χ2v) is 5.43. The molecule has 1 aromatic heterocycles. The van der Waals surface area contributed by atoms with Crippen LogP contribution in [0.4, 0.5) is 0 Å². The van der Waals surface area contributed by atoms with Crippen LogP contribution in [0.5, 0.6) is 0 Å². The highest BCUT2D eigenvalue weighted by Gasteiger charge is 2.25. The number of para-hydroxylation sites is 1. The van der Waals surface area contributed by atoms with E-state index in [-0.39, 0.29) is 0 Å². The Balaban J connectivity index is 2.16. The normalized spacial score (nSPS) is 21.6. The van der Waals surface area contributed by atoms with Crippen molar-refractivity contribution in [1.29, 1.82) is 0 Å². The van der Waals surface area contributed by atoms with Crippen LogP contribution in [0.2, 0.25) is 5.02 Å². The minimum absolute atomic E-state index is 0.422. The lowest BCUT2D eigenvalue weighted by molar-refractivity contribution is 0.203. The van der Waals surface area contributed by atoms with E-state index in [9.17, 15) is 0 Å². The molecule has 1 aliphatic heterocycles. The van der Waals surface area contributed by atoms with Crippen molar-refractivity contribution in [1.82, 2.24) is 15.2 Å². The second kappa shape index (κ2) is 4.57. The van der Waals surface area contributed by atoms with Crippen LogP contribution >= 0.6 is 11.6 Å². The molecule has 0 bridgehead atoms. The summed E-state index contributed by atoms with van der Waals surface area (Å²) >= 11 is 6.26. The van der Waals surface area contributed by atoms with Crippen molar-refractivity contribution in [3.8, 4) is 0 Å². The van der Waals surface area contributed by atoms with Gasteiger partial charge in [0.2, 0.25) is 0 Å². The number of halogens is 1. The Morgan fingerprint density at radius 3 is 3.00 bits per heavy atom. The fourth-order valence-electron chi connectivity index (χ4n) is 2.89. The maximum absolute atomic E-state index is 6.26. The van der Waals surface area contributed by atoms with Crippen molar-refractivity contribution >= 4 is 22.5 Å². The molecule has 2 heterocycles. The number of nitrogens with zero attached hydrogens (tertiary/aromatic N) is 1. The van der Waals surface area contributed by atoms with Crippen LogP contribution < -0.4 is 5.32 Å². The number of aryl methyl sites for hydroxylation is 1. The van der Waals surface area contributed by atoms with Crippen molar-refractivity contribution in [2.75, 3.05) is 26.7 Å². The average molecular weight is 264 g/mol. The van der Waals surface area contributed by atoms with Crippen LogP contribution in [0.25, 0.3) is 10.9 Å². The molecule has 1 atom stereocenters. The molecule has 0 saturated carbocycles. The van der Waals surface area contributed by atoms with Gasteiger partial charge < -0.3 is 10.3 Å². The van der Waals surface area contributed by atoms with Gasteiger partial charge in [0, 0.05) is 36.8 Å². The summed E-state index contributed by atoms with van der Waals surface area (Å²) in [4.78, 5) is 5.84. The van der Waals surface area contributed by atoms with E-state index in [4.69, 9.17) is 11.6 Å². The molecule has 0 aliphatic carbocycles. The third-order valence-corrected chi connectivity index (χ3v) is 4.18. The van der Waals surface area contributed by atoms with Gasteiger partial charge in [-0.2, -0.15) is 0 Å². The van der Waals surface area contributed by atoms with E-state index in [1.54, 1.807) is 0 Å². The fraction of sp³-hybridized carbons (Fsp3) is 0.429. The fourth-order valence-corrected chi connectivity index (χ4v) is 3.11. The van der Waals surface area contributed by atoms with E-state index in [2.05, 4.69) is 35.2 Å². The van der Waals surface area contributed by atoms with E-state index >= 15 is 0 Å². The number of likely N-dealkylation sites (N-methyl/N-ethyl adjacent to an activating group) is 1. The molecule has 1 aliphatic rings. The van der Waals surface area contributed by atoms with Crippen LogP contribution in [0.3, 0.4) is 0 Å². The quantitative estimate of drug-likeness (QED) is 0.829. The second-order valence-electron chi connectivity index (χ2n) is 5.03. The highest BCUT2D eigenvalue weighted by atomic mass is 35.5. The van der Waals surface area contributed by atoms with Crippen molar-refractivity contribution in [3.05, 3.63) is 34.5 Å². The zero-order chi connectivity index (χ0) is 12.7. The molecule has 0 amide bonds. The lowest BCUT2D eigenvalue weighted by Gasteiger charge is -2.33. The van der Waals surface area contributed by atoms with Gasteiger partial charge in [0.1, 0.15) is 0 Å². The number of rotatable bonds is 1. The molecule has 1 aromatic carbocycles. The van der Waals surface area contributed by atoms with Gasteiger partial charge in [-0.05, 0) is 25.6 Å². The van der Waals surface area contributed by atoms with Crippen LogP contribution in [0.15, 0.2) is 18.2 Å². The molecule has 4 heteroatoms. The van der Waals surface area contributed by atoms with Crippen LogP contribution in [-0.4, -0.2) is 36.6 Å². The minimum Gasteiger partial charge on any atom is -0.357 e. The van der Waals surface area contributed by atoms with Crippen LogP contribution in [-0.2, 0) is 0 Å². The van der Waals surface area contributed by atoms with Gasteiger partial charge in [-0.1, -0.05) is 23.7 Å². The van der Waals surface area contributed by atoms with Crippen molar-refractivity contribution in [3.63, 3.8) is 0 Å². The zero-order valence-corrected chi connectivity index (χ0v) is 11.5. The molecule has 0 radical (unpaired) electrons. The maximum atomic E-state index is 6.26. The third kappa shape index (κ3) is 1.83. The van der Waals surface area contributed by atoms with Gasteiger partial charge in [0.05, 0.1) is 10.5 Å². The number of aromatic amines is 1. The van der Waals surface area contributed by atoms with Gasteiger partial charge >= 0.3 is 0 Å². The standard InChI is InChI=1S/C14H18ClN3/c1-9-13(12-8-16-6-7-18(12)2)10-4-3-5-11(15)14(10)17-9/h3-5,12,16-17H,6-8H2,1-2H3. The Morgan fingerprint density at radius 2 is 2.22 bits per heavy atom. The molecule has 18 heavy (non-hydrogen) atoms. The van der Waals surface area contributed by atoms with E-state index in [0.29, 0.717) is 6.04 Å². The number of hydrogen-bond donors (Lipinski definition) is 2. The first kappa shape index (κ1) is 12.0. The van der Waals surface area contributed by atoms with Gasteiger partial charge in [0.15, 0.2) is 0 Å². The van der Waals surface area contributed by atoms with Gasteiger partial charge in [-0.25, -0.2) is 0 Å². The highest BCUT2D eigenvalue weighted by Crippen LogP contribution is 2.34. The summed E-state index contributed by atoms with van der Waals surface area (Å²) in [5, 5.41) is 5.52. The smallest absolute Gasteiger partial charge is 0.0648 e. The zero-order valence-electron chi connectivity index (χ0n) is 10.8. The summed E-state index contributed by atoms with van der Waals surface area (Å²) < 4.78 is 0. The van der Waals surface area contributed by atoms with E-state index < -0.39 is 0 Å². The summed E-state index contributed by atoms with van der Waals surface area (Å²) in [5.74, 6) is 0. The summed E-state index contributed by atoms with van der Waals surface area (Å²) in [6, 6.07) is 6.54. The molecule has 1 fully saturated rings. The Morgan fingerprint density at radius 1 is 1.39 bits per heavy atom. The molecular formula is C14H18ClN3. The van der Waals surface area contributed by atoms with E-state index in [1.807, 2.05) is 12.1 Å². The topological polar surface area (TPSA) is 31.1 Å². The predicted octanol–water partition coefficient (Wildman–Crippen LogP) is 2.71. The SMILES string of the molecule is Cc1[nH]c2c(Cl)cccc2c1C1CNCCN1C.